The number of piperidine rings is 2. The van der Waals surface area contributed by atoms with E-state index in [0.29, 0.717) is 29.8 Å². The highest BCUT2D eigenvalue weighted by Gasteiger charge is 2.26. The highest BCUT2D eigenvalue weighted by atomic mass is 19.1. The maximum atomic E-state index is 12.8. The Labute approximate surface area is 416 Å². The van der Waals surface area contributed by atoms with Gasteiger partial charge in [-0.3, -0.25) is 4.79 Å². The van der Waals surface area contributed by atoms with E-state index in [2.05, 4.69) is 154 Å². The molecule has 5 fully saturated rings. The zero-order chi connectivity index (χ0) is 49.8. The first-order valence-electron chi connectivity index (χ1n) is 27.0. The van der Waals surface area contributed by atoms with E-state index in [-0.39, 0.29) is 13.2 Å². The predicted molar refractivity (Wildman–Crippen MR) is 294 cm³/mol. The molecule has 5 saturated heterocycles. The van der Waals surface area contributed by atoms with Crippen molar-refractivity contribution in [1.29, 1.82) is 0 Å². The third-order valence-electron chi connectivity index (χ3n) is 14.7. The van der Waals surface area contributed by atoms with Gasteiger partial charge in [-0.15, -0.1) is 0 Å². The molecule has 0 aliphatic carbocycles. The van der Waals surface area contributed by atoms with Crippen LogP contribution >= 0.6 is 0 Å². The normalized spacial score (nSPS) is 21.5. The first kappa shape index (κ1) is 64.6. The minimum absolute atomic E-state index is 0. The fourth-order valence-electron chi connectivity index (χ4n) is 10.2. The summed E-state index contributed by atoms with van der Waals surface area (Å²) in [5.74, 6) is 5.01. The molecule has 2 aromatic rings. The molecule has 390 valence electrons. The number of hydrogen-bond donors (Lipinski definition) is 1. The van der Waals surface area contributed by atoms with Crippen LogP contribution in [0.4, 0.5) is 4.39 Å². The Kier molecular flexibility index (Phi) is 35.3. The summed E-state index contributed by atoms with van der Waals surface area (Å²) in [7, 11) is 3.75. The van der Waals surface area contributed by atoms with E-state index >= 15 is 0 Å². The largest absolute Gasteiger partial charge is 0.340 e. The fraction of sp³-hybridized carbons (Fsp3) is 0.780. The molecule has 3 atom stereocenters. The summed E-state index contributed by atoms with van der Waals surface area (Å²) < 4.78 is 12.8. The molecule has 2 N–H and O–H groups in total. The summed E-state index contributed by atoms with van der Waals surface area (Å²) in [5.41, 5.74) is 7.21. The van der Waals surface area contributed by atoms with Gasteiger partial charge in [0.25, 0.3) is 0 Å². The molecule has 0 bridgehead atoms. The third-order valence-corrected chi connectivity index (χ3v) is 14.7. The molecule has 7 nitrogen and oxygen atoms in total. The SMILES string of the molecule is C.CC(C)C1CCCCN1C.CC(C)N1CCC(c2ccc(F)cc2)CC1.CC(C)N1CCCC1=O.CC(C)c1ccccc1.CCN1CCC(C(C)C)C1.CCN1CCCC1C(C)C.CN. The van der Waals surface area contributed by atoms with Gasteiger partial charge in [0.2, 0.25) is 5.91 Å². The second kappa shape index (κ2) is 36.6. The van der Waals surface area contributed by atoms with Gasteiger partial charge < -0.3 is 30.2 Å². The number of nitrogens with zero attached hydrogens (tertiary/aromatic N) is 5. The summed E-state index contributed by atoms with van der Waals surface area (Å²) in [6, 6.07) is 20.3. The summed E-state index contributed by atoms with van der Waals surface area (Å²) in [6.07, 6.45) is 12.7. The highest BCUT2D eigenvalue weighted by Crippen LogP contribution is 2.29. The lowest BCUT2D eigenvalue weighted by Gasteiger charge is -2.35. The number of likely N-dealkylation sites (tertiary alicyclic amines) is 5. The van der Waals surface area contributed by atoms with E-state index in [4.69, 9.17) is 0 Å². The lowest BCUT2D eigenvalue weighted by molar-refractivity contribution is -0.129. The van der Waals surface area contributed by atoms with Crippen LogP contribution in [0.25, 0.3) is 0 Å². The Morgan fingerprint density at radius 3 is 1.55 bits per heavy atom. The fourth-order valence-corrected chi connectivity index (χ4v) is 10.2. The van der Waals surface area contributed by atoms with Gasteiger partial charge in [0.15, 0.2) is 0 Å². The average Bonchev–Trinajstić information content (AvgIpc) is 4.11. The number of benzene rings is 2. The van der Waals surface area contributed by atoms with E-state index < -0.39 is 0 Å². The van der Waals surface area contributed by atoms with Crippen molar-refractivity contribution < 1.29 is 9.18 Å². The quantitative estimate of drug-likeness (QED) is 0.270. The lowest BCUT2D eigenvalue weighted by atomic mass is 9.89. The van der Waals surface area contributed by atoms with Crippen molar-refractivity contribution in [1.82, 2.24) is 24.5 Å². The number of carbonyl (C=O) groups is 1. The molecule has 5 heterocycles. The van der Waals surface area contributed by atoms with Gasteiger partial charge in [-0.05, 0) is 198 Å². The van der Waals surface area contributed by atoms with Crippen molar-refractivity contribution in [3.8, 4) is 0 Å². The van der Waals surface area contributed by atoms with Crippen LogP contribution in [0.5, 0.6) is 0 Å². The van der Waals surface area contributed by atoms with Crippen LogP contribution in [0.2, 0.25) is 0 Å². The molecule has 0 saturated carbocycles. The van der Waals surface area contributed by atoms with E-state index in [1.54, 1.807) is 12.1 Å². The Bertz CT molecular complexity index is 1450. The second-order valence-electron chi connectivity index (χ2n) is 21.4. The minimum Gasteiger partial charge on any atom is -0.340 e. The monoisotopic (exact) mass is 939 g/mol. The van der Waals surface area contributed by atoms with Crippen molar-refractivity contribution >= 4 is 5.91 Å². The first-order chi connectivity index (χ1) is 31.4. The molecule has 0 aromatic heterocycles. The molecule has 0 radical (unpaired) electrons. The smallest absolute Gasteiger partial charge is 0.222 e. The number of amides is 1. The van der Waals surface area contributed by atoms with Crippen LogP contribution in [0.15, 0.2) is 54.6 Å². The molecule has 5 aliphatic heterocycles. The molecule has 2 aromatic carbocycles. The summed E-state index contributed by atoms with van der Waals surface area (Å²) >= 11 is 0. The summed E-state index contributed by atoms with van der Waals surface area (Å²) in [4.78, 5) is 23.0. The minimum atomic E-state index is -0.136. The second-order valence-corrected chi connectivity index (χ2v) is 21.4. The zero-order valence-corrected chi connectivity index (χ0v) is 46.0. The molecular weight excluding hydrogens is 828 g/mol. The van der Waals surface area contributed by atoms with Crippen LogP contribution < -0.4 is 5.73 Å². The number of rotatable bonds is 9. The van der Waals surface area contributed by atoms with Gasteiger partial charge in [0.05, 0.1) is 0 Å². The van der Waals surface area contributed by atoms with Crippen molar-refractivity contribution in [2.45, 2.75) is 205 Å². The van der Waals surface area contributed by atoms with Crippen molar-refractivity contribution in [2.24, 2.45) is 29.4 Å². The predicted octanol–water partition coefficient (Wildman–Crippen LogP) is 13.7. The number of carbonyl (C=O) groups excluding carboxylic acids is 1. The van der Waals surface area contributed by atoms with Gasteiger partial charge in [-0.1, -0.05) is 126 Å². The summed E-state index contributed by atoms with van der Waals surface area (Å²) in [5, 5.41) is 0. The average molecular weight is 940 g/mol. The lowest BCUT2D eigenvalue weighted by Crippen LogP contribution is -2.39. The molecule has 7 rings (SSSR count). The molecule has 5 aliphatic rings. The van der Waals surface area contributed by atoms with Crippen molar-refractivity contribution in [2.75, 3.05) is 73.0 Å². The Morgan fingerprint density at radius 1 is 0.612 bits per heavy atom. The highest BCUT2D eigenvalue weighted by molar-refractivity contribution is 5.78. The number of nitrogens with two attached hydrogens (primary N) is 1. The van der Waals surface area contributed by atoms with Crippen molar-refractivity contribution in [3.05, 3.63) is 71.5 Å². The van der Waals surface area contributed by atoms with Crippen LogP contribution in [-0.4, -0.2) is 128 Å². The van der Waals surface area contributed by atoms with Gasteiger partial charge in [-0.25, -0.2) is 4.39 Å². The Hall–Kier alpha value is -2.36. The zero-order valence-electron chi connectivity index (χ0n) is 46.0. The maximum Gasteiger partial charge on any atom is 0.222 e. The van der Waals surface area contributed by atoms with Crippen molar-refractivity contribution in [3.63, 3.8) is 0 Å². The molecule has 0 spiro atoms. The Balaban J connectivity index is 0.000000782. The van der Waals surface area contributed by atoms with E-state index in [9.17, 15) is 9.18 Å². The molecular formula is C59H111FN6O. The van der Waals surface area contributed by atoms with Crippen LogP contribution in [0, 0.1) is 29.5 Å². The van der Waals surface area contributed by atoms with E-state index in [1.165, 1.54) is 122 Å². The van der Waals surface area contributed by atoms with E-state index in [0.717, 1.165) is 55.1 Å². The molecule has 67 heavy (non-hydrogen) atoms. The Morgan fingerprint density at radius 2 is 1.19 bits per heavy atom. The van der Waals surface area contributed by atoms with Gasteiger partial charge in [0, 0.05) is 43.7 Å². The van der Waals surface area contributed by atoms with Crippen LogP contribution in [-0.2, 0) is 4.79 Å². The van der Waals surface area contributed by atoms with E-state index in [1.807, 2.05) is 23.1 Å². The van der Waals surface area contributed by atoms with Crippen LogP contribution in [0.3, 0.4) is 0 Å². The van der Waals surface area contributed by atoms with Gasteiger partial charge in [-0.2, -0.15) is 0 Å². The topological polar surface area (TPSA) is 59.3 Å². The molecule has 1 amide bonds. The van der Waals surface area contributed by atoms with Gasteiger partial charge >= 0.3 is 0 Å². The van der Waals surface area contributed by atoms with Gasteiger partial charge in [0.1, 0.15) is 5.82 Å². The number of halogens is 1. The number of hydrogen-bond acceptors (Lipinski definition) is 6. The first-order valence-corrected chi connectivity index (χ1v) is 27.0. The van der Waals surface area contributed by atoms with Crippen LogP contribution in [0.1, 0.15) is 192 Å². The molecule has 8 heteroatoms. The molecule has 3 unspecified atom stereocenters. The standard InChI is InChI=1S/C14H20FN.3C9H19N.C9H12.C7H13NO.CH5N.CH4/c1-11(2)16-9-7-13(8-10-16)12-3-5-14(15)6-4-12;1-8(2)9-6-4-5-7-10(9)3;1-4-10-6-5-9(7-10)8(2)3;1-4-10-7-5-6-9(10)8(2)3;1-8(2)9-6-4-3-5-7-9;1-6(2)8-5-3-4-7(8)9;1-2;/h3-6,11,13H,7-10H2,1-2H3;3*8-9H,4-7H2,1-3H3;3-8H,1-2H3;6H,3-5H2,1-2H3;2H2,1H3;1H4. The third kappa shape index (κ3) is 25.4. The summed E-state index contributed by atoms with van der Waals surface area (Å²) in [6.45, 7) is 42.6. The maximum absolute atomic E-state index is 12.8.